The highest BCUT2D eigenvalue weighted by molar-refractivity contribution is 7.21. The molecule has 0 N–H and O–H groups in total. The van der Waals surface area contributed by atoms with Gasteiger partial charge < -0.3 is 14.7 Å². The molecular formula is C66H70BN3Si. The molecule has 0 bridgehead atoms. The van der Waals surface area contributed by atoms with Crippen LogP contribution in [0.5, 0.6) is 0 Å². The topological polar surface area (TPSA) is 9.72 Å². The molecule has 2 fully saturated rings. The Balaban J connectivity index is 1.13. The van der Waals surface area contributed by atoms with Gasteiger partial charge in [-0.1, -0.05) is 202 Å². The first-order valence-electron chi connectivity index (χ1n) is 27.2. The minimum atomic E-state index is -2.81. The van der Waals surface area contributed by atoms with E-state index < -0.39 is 8.07 Å². The standard InChI is InChI=1S/C66H70BN3Si/c1-61(2,3)43-37-48-59-50(39-43)67-51-40-44(62(4,5)6)38-49-60(51)70(66(10)36-24-22-34-64(49,66)8)55-42-45(41-54(58(55)67)69(59)65(9)35-23-21-33-63(48,65)7)68-52-29-17-19-31-56(52)71(46-25-13-11-14-26-46,47-27-15-12-16-28-47)57-32-20-18-30-53(57)68/h11-20,25-32,37-42H,21-24,33-36H2,1-10H3. The number of rotatable bonds is 3. The third kappa shape index (κ3) is 5.32. The van der Waals surface area contributed by atoms with Crippen LogP contribution in [-0.4, -0.2) is 25.9 Å². The minimum absolute atomic E-state index is 0.000204. The second kappa shape index (κ2) is 14.2. The van der Waals surface area contributed by atoms with Crippen molar-refractivity contribution in [2.24, 2.45) is 0 Å². The summed E-state index contributed by atoms with van der Waals surface area (Å²) < 4.78 is 0. The second-order valence-corrected chi connectivity index (χ2v) is 29.6. The SMILES string of the molecule is CC(C)(C)c1cc2c3c(c1)C1(C)CCCCC1(C)N3c1cc(N3c4ccccc4[Si](c4ccccc4)(c4ccccc4)c4ccccc43)cc3c1B2c1cc(C(C)(C)C)cc2c1N3C1(C)CCCCC21C. The summed E-state index contributed by atoms with van der Waals surface area (Å²) in [6.07, 6.45) is 9.84. The Labute approximate surface area is 425 Å². The largest absolute Gasteiger partial charge is 0.335 e. The zero-order valence-electron chi connectivity index (χ0n) is 43.9. The van der Waals surface area contributed by atoms with Crippen LogP contribution in [0.25, 0.3) is 0 Å². The molecule has 356 valence electrons. The monoisotopic (exact) mass is 944 g/mol. The first-order chi connectivity index (χ1) is 34.0. The van der Waals surface area contributed by atoms with Crippen LogP contribution in [0.3, 0.4) is 0 Å². The molecule has 7 aromatic carbocycles. The van der Waals surface area contributed by atoms with Crippen LogP contribution >= 0.6 is 0 Å². The van der Waals surface area contributed by atoms with Gasteiger partial charge in [0.2, 0.25) is 0 Å². The van der Waals surface area contributed by atoms with Crippen molar-refractivity contribution < 1.29 is 0 Å². The predicted molar refractivity (Wildman–Crippen MR) is 306 cm³/mol. The maximum atomic E-state index is 2.98. The fourth-order valence-electron chi connectivity index (χ4n) is 16.4. The van der Waals surface area contributed by atoms with Crippen LogP contribution in [0, 0.1) is 0 Å². The van der Waals surface area contributed by atoms with Crippen molar-refractivity contribution in [3.63, 3.8) is 0 Å². The Morgan fingerprint density at radius 1 is 0.451 bits per heavy atom. The Morgan fingerprint density at radius 3 is 1.27 bits per heavy atom. The van der Waals surface area contributed by atoms with Crippen molar-refractivity contribution in [3.05, 3.63) is 168 Å². The first-order valence-corrected chi connectivity index (χ1v) is 29.2. The zero-order valence-corrected chi connectivity index (χ0v) is 44.9. The van der Waals surface area contributed by atoms with Gasteiger partial charge in [0.25, 0.3) is 6.71 Å². The van der Waals surface area contributed by atoms with Gasteiger partial charge in [0.15, 0.2) is 8.07 Å². The highest BCUT2D eigenvalue weighted by Gasteiger charge is 2.65. The molecule has 5 heteroatoms. The van der Waals surface area contributed by atoms with Crippen LogP contribution < -0.4 is 51.8 Å². The first kappa shape index (κ1) is 44.0. The predicted octanol–water partition coefficient (Wildman–Crippen LogP) is 12.1. The van der Waals surface area contributed by atoms with Crippen molar-refractivity contribution in [3.8, 4) is 0 Å². The average molecular weight is 944 g/mol. The Bertz CT molecular complexity index is 3180. The molecule has 7 aliphatic rings. The van der Waals surface area contributed by atoms with Crippen LogP contribution in [0.1, 0.15) is 143 Å². The van der Waals surface area contributed by atoms with Crippen molar-refractivity contribution in [2.45, 2.75) is 153 Å². The van der Waals surface area contributed by atoms with Gasteiger partial charge >= 0.3 is 0 Å². The van der Waals surface area contributed by atoms with Gasteiger partial charge in [-0.05, 0) is 134 Å². The van der Waals surface area contributed by atoms with E-state index in [2.05, 4.69) is 230 Å². The summed E-state index contributed by atoms with van der Waals surface area (Å²) in [5.41, 5.74) is 20.4. The molecule has 0 spiro atoms. The van der Waals surface area contributed by atoms with E-state index in [4.69, 9.17) is 0 Å². The Hall–Kier alpha value is -5.78. The number of benzene rings is 7. The van der Waals surface area contributed by atoms with Gasteiger partial charge in [0, 0.05) is 45.0 Å². The van der Waals surface area contributed by atoms with Crippen LogP contribution in [-0.2, 0) is 21.7 Å². The van der Waals surface area contributed by atoms with E-state index in [1.807, 2.05) is 0 Å². The smallest absolute Gasteiger partial charge is 0.252 e. The van der Waals surface area contributed by atoms with E-state index >= 15 is 0 Å². The summed E-state index contributed by atoms with van der Waals surface area (Å²) in [6.45, 7) is 25.4. The second-order valence-electron chi connectivity index (χ2n) is 25.9. The van der Waals surface area contributed by atoms with Gasteiger partial charge in [0.05, 0.1) is 16.8 Å². The summed E-state index contributed by atoms with van der Waals surface area (Å²) in [7, 11) is -2.81. The third-order valence-electron chi connectivity index (χ3n) is 20.5. The van der Waals surface area contributed by atoms with Crippen molar-refractivity contribution in [1.82, 2.24) is 0 Å². The van der Waals surface area contributed by atoms with Gasteiger partial charge in [0.1, 0.15) is 0 Å². The molecule has 7 aromatic rings. The average Bonchev–Trinajstić information content (AvgIpc) is 3.72. The van der Waals surface area contributed by atoms with Crippen molar-refractivity contribution >= 4 is 91.7 Å². The lowest BCUT2D eigenvalue weighted by Crippen LogP contribution is -2.77. The molecule has 5 aliphatic heterocycles. The maximum Gasteiger partial charge on any atom is 0.252 e. The molecule has 0 saturated heterocycles. The number of fused-ring (bicyclic) bond motifs is 12. The lowest BCUT2D eigenvalue weighted by Gasteiger charge is -2.55. The van der Waals surface area contributed by atoms with E-state index in [-0.39, 0.29) is 39.5 Å². The lowest BCUT2D eigenvalue weighted by molar-refractivity contribution is 0.194. The molecule has 3 nitrogen and oxygen atoms in total. The summed E-state index contributed by atoms with van der Waals surface area (Å²) in [4.78, 5) is 8.67. The number of nitrogens with zero attached hydrogens (tertiary/aromatic N) is 3. The molecule has 4 atom stereocenters. The van der Waals surface area contributed by atoms with Crippen molar-refractivity contribution in [1.29, 1.82) is 0 Å². The summed E-state index contributed by atoms with van der Waals surface area (Å²) in [5.74, 6) is 0. The van der Waals surface area contributed by atoms with Gasteiger partial charge in [-0.25, -0.2) is 0 Å². The molecule has 4 unspecified atom stereocenters. The normalized spacial score (nSPS) is 25.9. The molecule has 5 heterocycles. The Morgan fingerprint density at radius 2 is 0.845 bits per heavy atom. The van der Waals surface area contributed by atoms with E-state index in [0.717, 1.165) is 0 Å². The lowest BCUT2D eigenvalue weighted by atomic mass is 9.33. The summed E-state index contributed by atoms with van der Waals surface area (Å²) in [5, 5.41) is 5.75. The molecule has 0 amide bonds. The molecule has 14 rings (SSSR count). The molecule has 2 aliphatic carbocycles. The molecular weight excluding hydrogens is 874 g/mol. The van der Waals surface area contributed by atoms with Crippen LogP contribution in [0.15, 0.2) is 146 Å². The van der Waals surface area contributed by atoms with Crippen molar-refractivity contribution in [2.75, 3.05) is 14.7 Å². The van der Waals surface area contributed by atoms with Gasteiger partial charge in [-0.15, -0.1) is 0 Å². The van der Waals surface area contributed by atoms with E-state index in [9.17, 15) is 0 Å². The van der Waals surface area contributed by atoms with E-state index in [1.165, 1.54) is 129 Å². The molecule has 2 saturated carbocycles. The van der Waals surface area contributed by atoms with E-state index in [0.29, 0.717) is 0 Å². The molecule has 71 heavy (non-hydrogen) atoms. The van der Waals surface area contributed by atoms with Gasteiger partial charge in [-0.3, -0.25) is 0 Å². The zero-order chi connectivity index (χ0) is 48.8. The fourth-order valence-corrected chi connectivity index (χ4v) is 21.5. The highest BCUT2D eigenvalue weighted by atomic mass is 28.3. The number of anilines is 7. The summed E-state index contributed by atoms with van der Waals surface area (Å²) >= 11 is 0. The highest BCUT2D eigenvalue weighted by Crippen LogP contribution is 2.66. The number of hydrogen-bond donors (Lipinski definition) is 0. The van der Waals surface area contributed by atoms with Crippen LogP contribution in [0.4, 0.5) is 39.8 Å². The minimum Gasteiger partial charge on any atom is -0.335 e. The number of hydrogen-bond acceptors (Lipinski definition) is 3. The third-order valence-corrected chi connectivity index (χ3v) is 25.3. The van der Waals surface area contributed by atoms with E-state index in [1.54, 1.807) is 22.1 Å². The Kier molecular flexibility index (Phi) is 8.82. The quantitative estimate of drug-likeness (QED) is 0.163. The maximum absolute atomic E-state index is 2.98. The molecule has 0 aromatic heterocycles. The van der Waals surface area contributed by atoms with Gasteiger partial charge in [-0.2, -0.15) is 0 Å². The number of para-hydroxylation sites is 2. The van der Waals surface area contributed by atoms with Crippen LogP contribution in [0.2, 0.25) is 0 Å². The molecule has 0 radical (unpaired) electrons. The summed E-state index contributed by atoms with van der Waals surface area (Å²) in [6, 6.07) is 58.3. The fraction of sp³-hybridized carbons (Fsp3) is 0.364.